The minimum Gasteiger partial charge on any atom is -0.435 e. The Hall–Kier alpha value is -2.08. The molecule has 1 atom stereocenters. The van der Waals surface area contributed by atoms with Crippen LogP contribution in [0.5, 0.6) is 5.75 Å². The molecule has 0 aliphatic carbocycles. The van der Waals surface area contributed by atoms with Crippen LogP contribution in [0.4, 0.5) is 17.6 Å². The molecule has 1 N–H and O–H groups in total. The third-order valence-electron chi connectivity index (χ3n) is 2.92. The van der Waals surface area contributed by atoms with Crippen molar-refractivity contribution in [1.29, 1.82) is 0 Å². The zero-order chi connectivity index (χ0) is 15.4. The topological polar surface area (TPSA) is 21.3 Å². The van der Waals surface area contributed by atoms with Gasteiger partial charge >= 0.3 is 6.61 Å². The molecule has 0 amide bonds. The molecule has 0 aromatic heterocycles. The van der Waals surface area contributed by atoms with Crippen LogP contribution in [0.3, 0.4) is 0 Å². The van der Waals surface area contributed by atoms with Crippen LogP contribution in [0.2, 0.25) is 0 Å². The Labute approximate surface area is 119 Å². The lowest BCUT2D eigenvalue weighted by Gasteiger charge is -2.18. The van der Waals surface area contributed by atoms with Crippen molar-refractivity contribution >= 4 is 0 Å². The summed E-state index contributed by atoms with van der Waals surface area (Å²) in [5.41, 5.74) is 0.907. The first-order valence-corrected chi connectivity index (χ1v) is 6.17. The van der Waals surface area contributed by atoms with E-state index < -0.39 is 24.3 Å². The van der Waals surface area contributed by atoms with Crippen LogP contribution in [0.1, 0.15) is 17.2 Å². The Morgan fingerprint density at radius 2 is 1.62 bits per heavy atom. The first-order valence-electron chi connectivity index (χ1n) is 6.17. The molecule has 0 aliphatic heterocycles. The smallest absolute Gasteiger partial charge is 0.387 e. The van der Waals surface area contributed by atoms with Crippen LogP contribution in [0.25, 0.3) is 0 Å². The monoisotopic (exact) mass is 299 g/mol. The molecule has 6 heteroatoms. The van der Waals surface area contributed by atoms with E-state index in [1.54, 1.807) is 13.1 Å². The SMILES string of the molecule is CNC(c1cc(F)cc(F)c1)c1cccc(OC(F)F)c1. The second-order valence-corrected chi connectivity index (χ2v) is 4.38. The zero-order valence-electron chi connectivity index (χ0n) is 11.1. The predicted molar refractivity (Wildman–Crippen MR) is 70.3 cm³/mol. The summed E-state index contributed by atoms with van der Waals surface area (Å²) in [6, 6.07) is 8.57. The normalized spacial score (nSPS) is 12.5. The molecular formula is C15H13F4NO. The average molecular weight is 299 g/mol. The fourth-order valence-corrected chi connectivity index (χ4v) is 2.14. The van der Waals surface area contributed by atoms with Gasteiger partial charge < -0.3 is 10.1 Å². The highest BCUT2D eigenvalue weighted by Crippen LogP contribution is 2.26. The van der Waals surface area contributed by atoms with Gasteiger partial charge in [0.2, 0.25) is 0 Å². The van der Waals surface area contributed by atoms with E-state index in [0.717, 1.165) is 6.07 Å². The third-order valence-corrected chi connectivity index (χ3v) is 2.92. The van der Waals surface area contributed by atoms with Gasteiger partial charge in [0, 0.05) is 6.07 Å². The van der Waals surface area contributed by atoms with E-state index in [-0.39, 0.29) is 5.75 Å². The number of rotatable bonds is 5. The summed E-state index contributed by atoms with van der Waals surface area (Å²) in [6.45, 7) is -2.93. The molecule has 21 heavy (non-hydrogen) atoms. The summed E-state index contributed by atoms with van der Waals surface area (Å²) >= 11 is 0. The maximum Gasteiger partial charge on any atom is 0.387 e. The van der Waals surface area contributed by atoms with E-state index in [2.05, 4.69) is 10.1 Å². The van der Waals surface area contributed by atoms with Crippen LogP contribution >= 0.6 is 0 Å². The molecule has 2 aromatic carbocycles. The lowest BCUT2D eigenvalue weighted by atomic mass is 9.98. The molecule has 0 heterocycles. The highest BCUT2D eigenvalue weighted by Gasteiger charge is 2.15. The van der Waals surface area contributed by atoms with Gasteiger partial charge in [-0.1, -0.05) is 12.1 Å². The van der Waals surface area contributed by atoms with Gasteiger partial charge in [0.1, 0.15) is 17.4 Å². The standard InChI is InChI=1S/C15H13F4NO/c1-20-14(10-5-11(16)8-12(17)6-10)9-3-2-4-13(7-9)21-15(18)19/h2-8,14-15,20H,1H3. The molecule has 0 spiro atoms. The van der Waals surface area contributed by atoms with Gasteiger partial charge in [0.25, 0.3) is 0 Å². The van der Waals surface area contributed by atoms with E-state index in [9.17, 15) is 17.6 Å². The van der Waals surface area contributed by atoms with Crippen molar-refractivity contribution in [2.24, 2.45) is 0 Å². The summed E-state index contributed by atoms with van der Waals surface area (Å²) in [4.78, 5) is 0. The van der Waals surface area contributed by atoms with Crippen LogP contribution in [0, 0.1) is 11.6 Å². The number of hydrogen-bond acceptors (Lipinski definition) is 2. The molecule has 2 aromatic rings. The minimum atomic E-state index is -2.93. The summed E-state index contributed by atoms with van der Waals surface area (Å²) in [6.07, 6.45) is 0. The quantitative estimate of drug-likeness (QED) is 0.846. The van der Waals surface area contributed by atoms with Gasteiger partial charge in [-0.2, -0.15) is 8.78 Å². The van der Waals surface area contributed by atoms with E-state index >= 15 is 0 Å². The molecule has 112 valence electrons. The molecular weight excluding hydrogens is 286 g/mol. The molecule has 2 nitrogen and oxygen atoms in total. The largest absolute Gasteiger partial charge is 0.435 e. The molecule has 0 aliphatic rings. The summed E-state index contributed by atoms with van der Waals surface area (Å²) in [5, 5.41) is 2.89. The van der Waals surface area contributed by atoms with Crippen molar-refractivity contribution in [3.63, 3.8) is 0 Å². The van der Waals surface area contributed by atoms with Crippen LogP contribution in [-0.2, 0) is 0 Å². The number of alkyl halides is 2. The van der Waals surface area contributed by atoms with Gasteiger partial charge in [0.15, 0.2) is 0 Å². The van der Waals surface area contributed by atoms with Crippen molar-refractivity contribution in [3.8, 4) is 5.75 Å². The molecule has 0 radical (unpaired) electrons. The van der Waals surface area contributed by atoms with Crippen molar-refractivity contribution in [1.82, 2.24) is 5.32 Å². The highest BCUT2D eigenvalue weighted by atomic mass is 19.3. The van der Waals surface area contributed by atoms with Gasteiger partial charge in [-0.05, 0) is 42.4 Å². The fraction of sp³-hybridized carbons (Fsp3) is 0.200. The average Bonchev–Trinajstić information content (AvgIpc) is 2.38. The van der Waals surface area contributed by atoms with Gasteiger partial charge in [-0.15, -0.1) is 0 Å². The Bertz CT molecular complexity index is 598. The minimum absolute atomic E-state index is 0.0142. The number of halogens is 4. The number of benzene rings is 2. The second-order valence-electron chi connectivity index (χ2n) is 4.38. The van der Waals surface area contributed by atoms with Crippen LogP contribution in [-0.4, -0.2) is 13.7 Å². The van der Waals surface area contributed by atoms with Gasteiger partial charge in [-0.25, -0.2) is 8.78 Å². The predicted octanol–water partition coefficient (Wildman–Crippen LogP) is 3.88. The van der Waals surface area contributed by atoms with E-state index in [1.807, 2.05) is 0 Å². The molecule has 0 saturated carbocycles. The Balaban J connectivity index is 2.36. The molecule has 0 fully saturated rings. The van der Waals surface area contributed by atoms with Gasteiger partial charge in [-0.3, -0.25) is 0 Å². The molecule has 0 bridgehead atoms. The lowest BCUT2D eigenvalue weighted by molar-refractivity contribution is -0.0498. The summed E-state index contributed by atoms with van der Waals surface area (Å²) < 4.78 is 55.4. The molecule has 1 unspecified atom stereocenters. The second kappa shape index (κ2) is 6.58. The molecule has 2 rings (SSSR count). The number of ether oxygens (including phenoxy) is 1. The van der Waals surface area contributed by atoms with E-state index in [0.29, 0.717) is 11.1 Å². The molecule has 0 saturated heterocycles. The lowest BCUT2D eigenvalue weighted by Crippen LogP contribution is -2.18. The van der Waals surface area contributed by atoms with Crippen LogP contribution < -0.4 is 10.1 Å². The Kier molecular flexibility index (Phi) is 4.80. The van der Waals surface area contributed by atoms with E-state index in [4.69, 9.17) is 0 Å². The fourth-order valence-electron chi connectivity index (χ4n) is 2.14. The van der Waals surface area contributed by atoms with Crippen molar-refractivity contribution in [3.05, 3.63) is 65.2 Å². The van der Waals surface area contributed by atoms with Crippen LogP contribution in [0.15, 0.2) is 42.5 Å². The Morgan fingerprint density at radius 3 is 2.19 bits per heavy atom. The van der Waals surface area contributed by atoms with E-state index in [1.165, 1.54) is 30.3 Å². The maximum atomic E-state index is 13.3. The zero-order valence-corrected chi connectivity index (χ0v) is 11.1. The summed E-state index contributed by atoms with van der Waals surface area (Å²) in [7, 11) is 1.61. The number of nitrogens with one attached hydrogen (secondary N) is 1. The maximum absolute atomic E-state index is 13.3. The first-order chi connectivity index (χ1) is 9.99. The third kappa shape index (κ3) is 3.95. The highest BCUT2D eigenvalue weighted by molar-refractivity contribution is 5.37. The first kappa shape index (κ1) is 15.3. The van der Waals surface area contributed by atoms with Crippen molar-refractivity contribution in [2.45, 2.75) is 12.7 Å². The van der Waals surface area contributed by atoms with Gasteiger partial charge in [0.05, 0.1) is 6.04 Å². The Morgan fingerprint density at radius 1 is 0.952 bits per heavy atom. The number of hydrogen-bond donors (Lipinski definition) is 1. The van der Waals surface area contributed by atoms with Crippen molar-refractivity contribution < 1.29 is 22.3 Å². The summed E-state index contributed by atoms with van der Waals surface area (Å²) in [5.74, 6) is -1.42. The van der Waals surface area contributed by atoms with Crippen molar-refractivity contribution in [2.75, 3.05) is 7.05 Å².